The Balaban J connectivity index is 1.70. The molecular formula is C22H25NO3. The van der Waals surface area contributed by atoms with Crippen molar-refractivity contribution in [2.45, 2.75) is 25.6 Å². The smallest absolute Gasteiger partial charge is 0.123 e. The highest BCUT2D eigenvalue weighted by Crippen LogP contribution is 2.21. The third-order valence-electron chi connectivity index (χ3n) is 4.33. The van der Waals surface area contributed by atoms with Crippen molar-refractivity contribution in [3.63, 3.8) is 0 Å². The number of aliphatic hydroxyl groups is 1. The third-order valence-corrected chi connectivity index (χ3v) is 4.33. The Morgan fingerprint density at radius 1 is 0.962 bits per heavy atom. The van der Waals surface area contributed by atoms with Crippen LogP contribution in [0.25, 0.3) is 0 Å². The van der Waals surface area contributed by atoms with Gasteiger partial charge in [0, 0.05) is 18.7 Å². The van der Waals surface area contributed by atoms with Gasteiger partial charge in [0.1, 0.15) is 11.5 Å². The highest BCUT2D eigenvalue weighted by molar-refractivity contribution is 5.33. The molecule has 1 aromatic heterocycles. The molecule has 1 atom stereocenters. The van der Waals surface area contributed by atoms with Gasteiger partial charge in [-0.05, 0) is 30.2 Å². The van der Waals surface area contributed by atoms with Gasteiger partial charge in [-0.1, -0.05) is 48.5 Å². The summed E-state index contributed by atoms with van der Waals surface area (Å²) < 4.78 is 11.0. The minimum Gasteiger partial charge on any atom is -0.496 e. The van der Waals surface area contributed by atoms with Crippen LogP contribution in [0.1, 0.15) is 16.9 Å². The van der Waals surface area contributed by atoms with Crippen molar-refractivity contribution in [3.05, 3.63) is 89.9 Å². The minimum absolute atomic E-state index is 0.456. The van der Waals surface area contributed by atoms with Crippen molar-refractivity contribution >= 4 is 0 Å². The van der Waals surface area contributed by atoms with E-state index >= 15 is 0 Å². The second kappa shape index (κ2) is 9.22. The van der Waals surface area contributed by atoms with Gasteiger partial charge in [0.15, 0.2) is 0 Å². The first-order chi connectivity index (χ1) is 12.7. The zero-order chi connectivity index (χ0) is 18.2. The van der Waals surface area contributed by atoms with E-state index in [9.17, 15) is 5.11 Å². The maximum absolute atomic E-state index is 10.6. The molecule has 0 saturated heterocycles. The van der Waals surface area contributed by atoms with Gasteiger partial charge in [0.05, 0.1) is 26.0 Å². The summed E-state index contributed by atoms with van der Waals surface area (Å²) in [7, 11) is 1.68. The van der Waals surface area contributed by atoms with Gasteiger partial charge in [-0.3, -0.25) is 4.90 Å². The summed E-state index contributed by atoms with van der Waals surface area (Å²) in [6, 6.07) is 21.9. The van der Waals surface area contributed by atoms with Crippen molar-refractivity contribution < 1.29 is 14.3 Å². The highest BCUT2D eigenvalue weighted by atomic mass is 16.5. The molecule has 2 aromatic carbocycles. The molecule has 0 fully saturated rings. The normalized spacial score (nSPS) is 12.3. The second-order valence-corrected chi connectivity index (χ2v) is 6.40. The molecule has 4 nitrogen and oxygen atoms in total. The number of rotatable bonds is 9. The lowest BCUT2D eigenvalue weighted by Crippen LogP contribution is -2.33. The molecule has 0 unspecified atom stereocenters. The molecule has 0 bridgehead atoms. The number of furan rings is 1. The van der Waals surface area contributed by atoms with Gasteiger partial charge in [-0.2, -0.15) is 0 Å². The molecule has 3 rings (SSSR count). The largest absolute Gasteiger partial charge is 0.496 e. The number of methoxy groups -OCH3 is 1. The van der Waals surface area contributed by atoms with E-state index in [0.29, 0.717) is 26.1 Å². The average molecular weight is 351 g/mol. The fourth-order valence-corrected chi connectivity index (χ4v) is 3.13. The molecule has 0 radical (unpaired) electrons. The van der Waals surface area contributed by atoms with Crippen LogP contribution in [0, 0.1) is 0 Å². The molecule has 1 heterocycles. The van der Waals surface area contributed by atoms with Crippen molar-refractivity contribution in [3.8, 4) is 5.75 Å². The number of para-hydroxylation sites is 1. The van der Waals surface area contributed by atoms with Gasteiger partial charge >= 0.3 is 0 Å². The summed E-state index contributed by atoms with van der Waals surface area (Å²) in [4.78, 5) is 2.18. The summed E-state index contributed by atoms with van der Waals surface area (Å²) in [5, 5.41) is 10.6. The molecule has 4 heteroatoms. The van der Waals surface area contributed by atoms with Crippen LogP contribution < -0.4 is 4.74 Å². The Kier molecular flexibility index (Phi) is 6.47. The van der Waals surface area contributed by atoms with E-state index in [1.807, 2.05) is 60.7 Å². The molecule has 26 heavy (non-hydrogen) atoms. The molecule has 136 valence electrons. The number of aliphatic hydroxyl groups excluding tert-OH is 1. The Morgan fingerprint density at radius 3 is 2.46 bits per heavy atom. The van der Waals surface area contributed by atoms with Crippen molar-refractivity contribution in [2.24, 2.45) is 0 Å². The van der Waals surface area contributed by atoms with Crippen LogP contribution in [0.3, 0.4) is 0 Å². The molecule has 0 aliphatic carbocycles. The Hall–Kier alpha value is -2.56. The van der Waals surface area contributed by atoms with Crippen LogP contribution in [0.2, 0.25) is 0 Å². The average Bonchev–Trinajstić information content (AvgIpc) is 3.16. The molecule has 0 amide bonds. The van der Waals surface area contributed by atoms with E-state index in [0.717, 1.165) is 22.6 Å². The maximum atomic E-state index is 10.6. The summed E-state index contributed by atoms with van der Waals surface area (Å²) in [5.74, 6) is 1.74. The summed E-state index contributed by atoms with van der Waals surface area (Å²) in [6.45, 7) is 1.86. The molecule has 3 aromatic rings. The van der Waals surface area contributed by atoms with Crippen LogP contribution >= 0.6 is 0 Å². The summed E-state index contributed by atoms with van der Waals surface area (Å²) >= 11 is 0. The van der Waals surface area contributed by atoms with E-state index in [1.54, 1.807) is 13.4 Å². The quantitative estimate of drug-likeness (QED) is 0.635. The van der Waals surface area contributed by atoms with Gasteiger partial charge in [-0.15, -0.1) is 0 Å². The first-order valence-electron chi connectivity index (χ1n) is 8.83. The molecule has 0 aliphatic rings. The monoisotopic (exact) mass is 351 g/mol. The SMILES string of the molecule is COc1ccccc1CN(Cc1ccco1)C[C@@H](O)Cc1ccccc1. The number of hydrogen-bond acceptors (Lipinski definition) is 4. The lowest BCUT2D eigenvalue weighted by molar-refractivity contribution is 0.0997. The fourth-order valence-electron chi connectivity index (χ4n) is 3.13. The second-order valence-electron chi connectivity index (χ2n) is 6.40. The first-order valence-corrected chi connectivity index (χ1v) is 8.83. The van der Waals surface area contributed by atoms with Gasteiger partial charge < -0.3 is 14.3 Å². The van der Waals surface area contributed by atoms with Gasteiger partial charge in [-0.25, -0.2) is 0 Å². The summed E-state index contributed by atoms with van der Waals surface area (Å²) in [5.41, 5.74) is 2.23. The van der Waals surface area contributed by atoms with E-state index in [1.165, 1.54) is 0 Å². The van der Waals surface area contributed by atoms with E-state index in [-0.39, 0.29) is 0 Å². The van der Waals surface area contributed by atoms with Crippen LogP contribution in [-0.4, -0.2) is 29.8 Å². The minimum atomic E-state index is -0.456. The Bertz CT molecular complexity index is 771. The predicted octanol–water partition coefficient (Wildman–Crippen LogP) is 3.89. The zero-order valence-corrected chi connectivity index (χ0v) is 15.0. The Labute approximate surface area is 154 Å². The van der Waals surface area contributed by atoms with E-state index in [4.69, 9.17) is 9.15 Å². The number of nitrogens with zero attached hydrogens (tertiary/aromatic N) is 1. The van der Waals surface area contributed by atoms with Crippen molar-refractivity contribution in [1.82, 2.24) is 4.90 Å². The fraction of sp³-hybridized carbons (Fsp3) is 0.273. The lowest BCUT2D eigenvalue weighted by atomic mass is 10.1. The molecule has 0 aliphatic heterocycles. The van der Waals surface area contributed by atoms with Crippen LogP contribution in [0.4, 0.5) is 0 Å². The van der Waals surface area contributed by atoms with Crippen molar-refractivity contribution in [1.29, 1.82) is 0 Å². The lowest BCUT2D eigenvalue weighted by Gasteiger charge is -2.25. The molecule has 0 saturated carbocycles. The van der Waals surface area contributed by atoms with Crippen molar-refractivity contribution in [2.75, 3.05) is 13.7 Å². The molecular weight excluding hydrogens is 326 g/mol. The van der Waals surface area contributed by atoms with Crippen LogP contribution in [0.5, 0.6) is 5.75 Å². The highest BCUT2D eigenvalue weighted by Gasteiger charge is 2.16. The number of benzene rings is 2. The van der Waals surface area contributed by atoms with Crippen LogP contribution in [0.15, 0.2) is 77.4 Å². The summed E-state index contributed by atoms with van der Waals surface area (Å²) in [6.07, 6.45) is 1.85. The molecule has 1 N–H and O–H groups in total. The first kappa shape index (κ1) is 18.2. The number of ether oxygens (including phenoxy) is 1. The zero-order valence-electron chi connectivity index (χ0n) is 15.0. The molecule has 0 spiro atoms. The maximum Gasteiger partial charge on any atom is 0.123 e. The predicted molar refractivity (Wildman–Crippen MR) is 102 cm³/mol. The van der Waals surface area contributed by atoms with Crippen LogP contribution in [-0.2, 0) is 19.5 Å². The standard InChI is InChI=1S/C22H25NO3/c1-25-22-12-6-5-10-19(22)15-23(17-21-11-7-13-26-21)16-20(24)14-18-8-3-2-4-9-18/h2-13,20,24H,14-17H2,1H3/t20-/m0/s1. The van der Waals surface area contributed by atoms with E-state index < -0.39 is 6.10 Å². The van der Waals surface area contributed by atoms with Gasteiger partial charge in [0.2, 0.25) is 0 Å². The van der Waals surface area contributed by atoms with E-state index in [2.05, 4.69) is 11.0 Å². The number of hydrogen-bond donors (Lipinski definition) is 1. The third kappa shape index (κ3) is 5.22. The topological polar surface area (TPSA) is 45.8 Å². The van der Waals surface area contributed by atoms with Gasteiger partial charge in [0.25, 0.3) is 0 Å². The Morgan fingerprint density at radius 2 is 1.73 bits per heavy atom.